The van der Waals surface area contributed by atoms with Crippen molar-refractivity contribution in [2.24, 2.45) is 20.0 Å². The zero-order valence-electron chi connectivity index (χ0n) is 19.3. The Labute approximate surface area is 192 Å². The smallest absolute Gasteiger partial charge is 0.332 e. The highest BCUT2D eigenvalue weighted by atomic mass is 16.2. The highest BCUT2D eigenvalue weighted by Gasteiger charge is 2.27. The first-order chi connectivity index (χ1) is 15.9. The molecule has 10 heteroatoms. The van der Waals surface area contributed by atoms with Crippen LogP contribution in [-0.2, 0) is 20.6 Å². The summed E-state index contributed by atoms with van der Waals surface area (Å²) >= 11 is 0. The third-order valence-electron chi connectivity index (χ3n) is 6.60. The SMILES string of the molecule is BC1=CC(Cn2c(N3CCN(c4ccccn4)CC3)nc3c2c(=O)n(C)c(=O)n3C)CC=C1. The topological polar surface area (TPSA) is 81.2 Å². The molecule has 0 bridgehead atoms. The Balaban J connectivity index is 1.55. The van der Waals surface area contributed by atoms with Crippen LogP contribution in [0.25, 0.3) is 11.2 Å². The number of anilines is 2. The molecule has 1 aliphatic heterocycles. The maximum atomic E-state index is 13.2. The average Bonchev–Trinajstić information content (AvgIpc) is 3.21. The number of aryl methyl sites for hydroxylation is 1. The number of fused-ring (bicyclic) bond motifs is 1. The van der Waals surface area contributed by atoms with Crippen molar-refractivity contribution >= 4 is 30.8 Å². The van der Waals surface area contributed by atoms with Crippen molar-refractivity contribution in [3.63, 3.8) is 0 Å². The summed E-state index contributed by atoms with van der Waals surface area (Å²) in [4.78, 5) is 39.5. The van der Waals surface area contributed by atoms with Crippen LogP contribution in [0.4, 0.5) is 11.8 Å². The van der Waals surface area contributed by atoms with E-state index in [0.29, 0.717) is 17.7 Å². The van der Waals surface area contributed by atoms with Crippen LogP contribution in [0.5, 0.6) is 0 Å². The summed E-state index contributed by atoms with van der Waals surface area (Å²) in [7, 11) is 5.30. The van der Waals surface area contributed by atoms with Gasteiger partial charge < -0.3 is 14.4 Å². The molecular weight excluding hydrogens is 417 g/mol. The summed E-state index contributed by atoms with van der Waals surface area (Å²) in [5.74, 6) is 1.99. The second kappa shape index (κ2) is 8.42. The summed E-state index contributed by atoms with van der Waals surface area (Å²) in [6, 6.07) is 5.94. The summed E-state index contributed by atoms with van der Waals surface area (Å²) < 4.78 is 4.68. The van der Waals surface area contributed by atoms with Gasteiger partial charge in [0.15, 0.2) is 11.2 Å². The largest absolute Gasteiger partial charge is 0.353 e. The molecular formula is C23H28BN7O2. The van der Waals surface area contributed by atoms with Crippen molar-refractivity contribution in [3.05, 3.63) is 68.9 Å². The van der Waals surface area contributed by atoms with Crippen LogP contribution < -0.4 is 21.0 Å². The minimum absolute atomic E-state index is 0.267. The summed E-state index contributed by atoms with van der Waals surface area (Å²) in [6.07, 6.45) is 9.28. The van der Waals surface area contributed by atoms with E-state index in [1.165, 1.54) is 21.7 Å². The van der Waals surface area contributed by atoms with E-state index >= 15 is 0 Å². The van der Waals surface area contributed by atoms with Gasteiger partial charge in [0, 0.05) is 53.0 Å². The number of allylic oxidation sites excluding steroid dienone is 4. The molecule has 170 valence electrons. The Hall–Kier alpha value is -3.56. The molecule has 2 aliphatic rings. The number of pyridine rings is 1. The van der Waals surface area contributed by atoms with E-state index in [1.807, 2.05) is 29.0 Å². The van der Waals surface area contributed by atoms with Gasteiger partial charge in [0.05, 0.1) is 0 Å². The molecule has 9 nitrogen and oxygen atoms in total. The molecule has 1 unspecified atom stereocenters. The molecule has 0 spiro atoms. The first kappa shape index (κ1) is 21.3. The first-order valence-corrected chi connectivity index (χ1v) is 11.4. The lowest BCUT2D eigenvalue weighted by molar-refractivity contribution is 0.526. The second-order valence-corrected chi connectivity index (χ2v) is 8.87. The summed E-state index contributed by atoms with van der Waals surface area (Å²) in [6.45, 7) is 3.77. The van der Waals surface area contributed by atoms with Gasteiger partial charge in [0.25, 0.3) is 5.56 Å². The van der Waals surface area contributed by atoms with Crippen LogP contribution in [0.3, 0.4) is 0 Å². The highest BCUT2D eigenvalue weighted by molar-refractivity contribution is 6.23. The van der Waals surface area contributed by atoms with Crippen molar-refractivity contribution in [1.29, 1.82) is 0 Å². The summed E-state index contributed by atoms with van der Waals surface area (Å²) in [5.41, 5.74) is 1.49. The number of hydrogen-bond donors (Lipinski definition) is 0. The maximum absolute atomic E-state index is 13.2. The average molecular weight is 445 g/mol. The predicted molar refractivity (Wildman–Crippen MR) is 133 cm³/mol. The number of imidazole rings is 1. The van der Waals surface area contributed by atoms with E-state index in [9.17, 15) is 9.59 Å². The van der Waals surface area contributed by atoms with Crippen LogP contribution in [0, 0.1) is 5.92 Å². The molecule has 1 saturated heterocycles. The minimum atomic E-state index is -0.361. The lowest BCUT2D eigenvalue weighted by Crippen LogP contribution is -2.47. The molecule has 0 saturated carbocycles. The Bertz CT molecular complexity index is 1360. The van der Waals surface area contributed by atoms with Crippen LogP contribution in [0.1, 0.15) is 6.42 Å². The molecule has 1 aliphatic carbocycles. The number of piperazine rings is 1. The van der Waals surface area contributed by atoms with E-state index in [4.69, 9.17) is 4.98 Å². The van der Waals surface area contributed by atoms with Crippen LogP contribution in [0.2, 0.25) is 0 Å². The molecule has 5 rings (SSSR count). The molecule has 0 amide bonds. The molecule has 1 fully saturated rings. The number of aromatic nitrogens is 5. The second-order valence-electron chi connectivity index (χ2n) is 8.87. The van der Waals surface area contributed by atoms with Gasteiger partial charge in [0.1, 0.15) is 13.7 Å². The monoisotopic (exact) mass is 445 g/mol. The Morgan fingerprint density at radius 2 is 1.82 bits per heavy atom. The van der Waals surface area contributed by atoms with Gasteiger partial charge in [-0.3, -0.25) is 13.9 Å². The van der Waals surface area contributed by atoms with Crippen LogP contribution in [-0.4, -0.2) is 57.7 Å². The fourth-order valence-corrected chi connectivity index (χ4v) is 4.81. The molecule has 3 aromatic rings. The van der Waals surface area contributed by atoms with E-state index in [0.717, 1.165) is 44.4 Å². The van der Waals surface area contributed by atoms with Crippen LogP contribution in [0.15, 0.2) is 57.7 Å². The third kappa shape index (κ3) is 3.79. The van der Waals surface area contributed by atoms with Gasteiger partial charge in [-0.15, -0.1) is 0 Å². The van der Waals surface area contributed by atoms with Crippen molar-refractivity contribution in [2.45, 2.75) is 13.0 Å². The lowest BCUT2D eigenvalue weighted by Gasteiger charge is -2.36. The molecule has 33 heavy (non-hydrogen) atoms. The molecule has 1 atom stereocenters. The zero-order chi connectivity index (χ0) is 23.1. The highest BCUT2D eigenvalue weighted by Crippen LogP contribution is 2.26. The van der Waals surface area contributed by atoms with Gasteiger partial charge in [0.2, 0.25) is 5.95 Å². The standard InChI is InChI=1S/C23H28BN7O2/c1-27-20-19(21(32)28(2)23(27)33)31(15-16-6-5-7-17(24)14-16)22(26-20)30-12-10-29(11-13-30)18-8-3-4-9-25-18/h3-5,7-9,14,16H,6,10-13,15,24H2,1-2H3. The fraction of sp³-hybridized carbons (Fsp3) is 0.391. The molecule has 0 aromatic carbocycles. The lowest BCUT2D eigenvalue weighted by atomic mass is 9.86. The Morgan fingerprint density at radius 1 is 1.06 bits per heavy atom. The maximum Gasteiger partial charge on any atom is 0.332 e. The first-order valence-electron chi connectivity index (χ1n) is 11.4. The third-order valence-corrected chi connectivity index (χ3v) is 6.60. The number of nitrogens with zero attached hydrogens (tertiary/aromatic N) is 7. The van der Waals surface area contributed by atoms with E-state index < -0.39 is 0 Å². The van der Waals surface area contributed by atoms with E-state index in [-0.39, 0.29) is 17.2 Å². The van der Waals surface area contributed by atoms with Crippen molar-refractivity contribution in [1.82, 2.24) is 23.7 Å². The van der Waals surface area contributed by atoms with E-state index in [1.54, 1.807) is 7.05 Å². The van der Waals surface area contributed by atoms with Crippen molar-refractivity contribution in [3.8, 4) is 0 Å². The molecule has 0 N–H and O–H groups in total. The normalized spacial score (nSPS) is 18.7. The summed E-state index contributed by atoms with van der Waals surface area (Å²) in [5, 5.41) is 0. The van der Waals surface area contributed by atoms with Gasteiger partial charge >= 0.3 is 5.69 Å². The Kier molecular flexibility index (Phi) is 5.43. The fourth-order valence-electron chi connectivity index (χ4n) is 4.81. The van der Waals surface area contributed by atoms with Gasteiger partial charge in [-0.05, 0) is 24.5 Å². The van der Waals surface area contributed by atoms with Crippen molar-refractivity contribution in [2.75, 3.05) is 36.0 Å². The Morgan fingerprint density at radius 3 is 2.52 bits per heavy atom. The van der Waals surface area contributed by atoms with Gasteiger partial charge in [-0.25, -0.2) is 9.78 Å². The number of rotatable bonds is 4. The molecule has 4 heterocycles. The van der Waals surface area contributed by atoms with Crippen LogP contribution >= 0.6 is 0 Å². The zero-order valence-corrected chi connectivity index (χ0v) is 19.3. The van der Waals surface area contributed by atoms with Gasteiger partial charge in [-0.2, -0.15) is 4.98 Å². The molecule has 0 radical (unpaired) electrons. The molecule has 3 aromatic heterocycles. The van der Waals surface area contributed by atoms with E-state index in [2.05, 4.69) is 40.9 Å². The van der Waals surface area contributed by atoms with Gasteiger partial charge in [-0.1, -0.05) is 29.8 Å². The number of hydrogen-bond acceptors (Lipinski definition) is 6. The predicted octanol–water partition coefficient (Wildman–Crippen LogP) is 0.248. The quantitative estimate of drug-likeness (QED) is 0.536. The minimum Gasteiger partial charge on any atom is -0.353 e. The van der Waals surface area contributed by atoms with Crippen molar-refractivity contribution < 1.29 is 0 Å².